The van der Waals surface area contributed by atoms with Crippen molar-refractivity contribution in [2.24, 2.45) is 5.41 Å². The maximum absolute atomic E-state index is 11.1. The maximum Gasteiger partial charge on any atom is 0.222 e. The van der Waals surface area contributed by atoms with Gasteiger partial charge in [0.05, 0.1) is 0 Å². The summed E-state index contributed by atoms with van der Waals surface area (Å²) in [4.78, 5) is 13.1. The summed E-state index contributed by atoms with van der Waals surface area (Å²) in [6, 6.07) is 0. The Hall–Kier alpha value is -0.570. The van der Waals surface area contributed by atoms with Crippen LogP contribution in [0.4, 0.5) is 0 Å². The van der Waals surface area contributed by atoms with Crippen LogP contribution in [0.2, 0.25) is 0 Å². The van der Waals surface area contributed by atoms with Crippen molar-refractivity contribution in [2.45, 2.75) is 27.2 Å². The smallest absolute Gasteiger partial charge is 0.222 e. The van der Waals surface area contributed by atoms with E-state index in [0.717, 1.165) is 26.2 Å². The largest absolute Gasteiger partial charge is 0.341 e. The van der Waals surface area contributed by atoms with Gasteiger partial charge in [0.15, 0.2) is 0 Å². The molecule has 2 aliphatic rings. The van der Waals surface area contributed by atoms with Gasteiger partial charge in [-0.05, 0) is 0 Å². The molecule has 2 heterocycles. The monoisotopic (exact) mass is 184 g/mol. The fourth-order valence-corrected chi connectivity index (χ4v) is 1.87. The Kier molecular flexibility index (Phi) is 3.31. The van der Waals surface area contributed by atoms with Crippen molar-refractivity contribution in [3.63, 3.8) is 0 Å². The van der Waals surface area contributed by atoms with Crippen molar-refractivity contribution in [1.29, 1.82) is 0 Å². The summed E-state index contributed by atoms with van der Waals surface area (Å²) in [5, 5.41) is 3.24. The summed E-state index contributed by atoms with van der Waals surface area (Å²) in [6.07, 6.45) is 0.656. The number of rotatable bonds is 1. The van der Waals surface area contributed by atoms with E-state index in [-0.39, 0.29) is 0 Å². The van der Waals surface area contributed by atoms with Crippen LogP contribution in [0.3, 0.4) is 0 Å². The highest BCUT2D eigenvalue weighted by molar-refractivity contribution is 5.77. The summed E-state index contributed by atoms with van der Waals surface area (Å²) >= 11 is 0. The third-order valence-corrected chi connectivity index (χ3v) is 2.71. The molecule has 1 amide bonds. The Morgan fingerprint density at radius 1 is 1.38 bits per heavy atom. The van der Waals surface area contributed by atoms with Crippen LogP contribution < -0.4 is 5.32 Å². The van der Waals surface area contributed by atoms with Gasteiger partial charge in [0.1, 0.15) is 0 Å². The molecule has 13 heavy (non-hydrogen) atoms. The highest BCUT2D eigenvalue weighted by Crippen LogP contribution is 2.33. The van der Waals surface area contributed by atoms with E-state index in [0.29, 0.717) is 17.7 Å². The molecule has 2 aliphatic heterocycles. The van der Waals surface area contributed by atoms with E-state index in [1.807, 2.05) is 25.7 Å². The van der Waals surface area contributed by atoms with Gasteiger partial charge in [0, 0.05) is 38.0 Å². The fourth-order valence-electron chi connectivity index (χ4n) is 1.87. The average molecular weight is 184 g/mol. The number of amides is 1. The normalized spacial score (nSPS) is 22.5. The SMILES string of the molecule is CC.CCC(=O)N1CC2(CNC2)C1. The zero-order chi connectivity index (χ0) is 9.90. The molecule has 0 aromatic carbocycles. The standard InChI is InChI=1S/C8H14N2O.C2H6/c1-2-7(11)10-5-8(6-10)3-9-4-8;1-2/h9H,2-6H2,1H3;1-2H3. The van der Waals surface area contributed by atoms with E-state index in [4.69, 9.17) is 0 Å². The van der Waals surface area contributed by atoms with Gasteiger partial charge in [-0.1, -0.05) is 20.8 Å². The van der Waals surface area contributed by atoms with Crippen LogP contribution in [0.1, 0.15) is 27.2 Å². The topological polar surface area (TPSA) is 32.3 Å². The molecule has 0 aromatic rings. The molecule has 0 saturated carbocycles. The second-order valence-electron chi connectivity index (χ2n) is 3.71. The first-order chi connectivity index (χ1) is 6.26. The minimum absolute atomic E-state index is 0.308. The van der Waals surface area contributed by atoms with E-state index < -0.39 is 0 Å². The number of hydrogen-bond donors (Lipinski definition) is 1. The second-order valence-corrected chi connectivity index (χ2v) is 3.71. The number of likely N-dealkylation sites (tertiary alicyclic amines) is 1. The summed E-state index contributed by atoms with van der Waals surface area (Å²) in [5.41, 5.74) is 0.491. The molecule has 0 aliphatic carbocycles. The highest BCUT2D eigenvalue weighted by atomic mass is 16.2. The zero-order valence-electron chi connectivity index (χ0n) is 8.89. The first-order valence-electron chi connectivity index (χ1n) is 5.24. The highest BCUT2D eigenvalue weighted by Gasteiger charge is 2.48. The van der Waals surface area contributed by atoms with Crippen LogP contribution in [-0.2, 0) is 4.79 Å². The molecule has 76 valence electrons. The molecule has 0 bridgehead atoms. The molecule has 0 atom stereocenters. The van der Waals surface area contributed by atoms with Gasteiger partial charge in [0.2, 0.25) is 5.91 Å². The van der Waals surface area contributed by atoms with E-state index in [1.165, 1.54) is 0 Å². The van der Waals surface area contributed by atoms with Gasteiger partial charge in [0.25, 0.3) is 0 Å². The molecular weight excluding hydrogens is 164 g/mol. The fraction of sp³-hybridized carbons (Fsp3) is 0.900. The Bertz CT molecular complexity index is 179. The molecule has 1 spiro atoms. The van der Waals surface area contributed by atoms with Crippen molar-refractivity contribution >= 4 is 5.91 Å². The van der Waals surface area contributed by atoms with Crippen molar-refractivity contribution < 1.29 is 4.79 Å². The van der Waals surface area contributed by atoms with Crippen LogP contribution in [-0.4, -0.2) is 37.0 Å². The third kappa shape index (κ3) is 1.85. The van der Waals surface area contributed by atoms with Crippen LogP contribution >= 0.6 is 0 Å². The van der Waals surface area contributed by atoms with E-state index in [9.17, 15) is 4.79 Å². The minimum Gasteiger partial charge on any atom is -0.341 e. The van der Waals surface area contributed by atoms with Gasteiger partial charge in [-0.2, -0.15) is 0 Å². The third-order valence-electron chi connectivity index (χ3n) is 2.71. The summed E-state index contributed by atoms with van der Waals surface area (Å²) in [5.74, 6) is 0.308. The van der Waals surface area contributed by atoms with E-state index >= 15 is 0 Å². The zero-order valence-corrected chi connectivity index (χ0v) is 8.89. The number of nitrogens with one attached hydrogen (secondary N) is 1. The van der Waals surface area contributed by atoms with Crippen LogP contribution in [0.25, 0.3) is 0 Å². The van der Waals surface area contributed by atoms with E-state index in [1.54, 1.807) is 0 Å². The Balaban J connectivity index is 0.000000396. The quantitative estimate of drug-likeness (QED) is 0.655. The number of hydrogen-bond acceptors (Lipinski definition) is 2. The van der Waals surface area contributed by atoms with Crippen molar-refractivity contribution in [3.8, 4) is 0 Å². The molecule has 2 saturated heterocycles. The lowest BCUT2D eigenvalue weighted by Crippen LogP contribution is -2.71. The lowest BCUT2D eigenvalue weighted by atomic mass is 9.74. The summed E-state index contributed by atoms with van der Waals surface area (Å²) in [7, 11) is 0. The average Bonchev–Trinajstić information content (AvgIpc) is 2.03. The van der Waals surface area contributed by atoms with Crippen molar-refractivity contribution in [2.75, 3.05) is 26.2 Å². The lowest BCUT2D eigenvalue weighted by molar-refractivity contribution is -0.146. The molecule has 1 N–H and O–H groups in total. The Labute approximate surface area is 80.5 Å². The van der Waals surface area contributed by atoms with Gasteiger partial charge in [-0.15, -0.1) is 0 Å². The Morgan fingerprint density at radius 2 is 1.92 bits per heavy atom. The summed E-state index contributed by atoms with van der Waals surface area (Å²) in [6.45, 7) is 10.1. The lowest BCUT2D eigenvalue weighted by Gasteiger charge is -2.56. The summed E-state index contributed by atoms with van der Waals surface area (Å²) < 4.78 is 0. The number of carbonyl (C=O) groups excluding carboxylic acids is 1. The predicted molar refractivity (Wildman–Crippen MR) is 53.5 cm³/mol. The predicted octanol–water partition coefficient (Wildman–Crippen LogP) is 0.854. The molecule has 3 heteroatoms. The van der Waals surface area contributed by atoms with Gasteiger partial charge < -0.3 is 10.2 Å². The second kappa shape index (κ2) is 4.09. The maximum atomic E-state index is 11.1. The van der Waals surface area contributed by atoms with Crippen LogP contribution in [0.5, 0.6) is 0 Å². The minimum atomic E-state index is 0.308. The van der Waals surface area contributed by atoms with Crippen LogP contribution in [0, 0.1) is 5.41 Å². The van der Waals surface area contributed by atoms with Gasteiger partial charge >= 0.3 is 0 Å². The molecular formula is C10H20N2O. The van der Waals surface area contributed by atoms with E-state index in [2.05, 4.69) is 5.32 Å². The van der Waals surface area contributed by atoms with Gasteiger partial charge in [-0.3, -0.25) is 4.79 Å². The molecule has 2 rings (SSSR count). The number of nitrogens with zero attached hydrogens (tertiary/aromatic N) is 1. The van der Waals surface area contributed by atoms with Crippen LogP contribution in [0.15, 0.2) is 0 Å². The molecule has 0 aromatic heterocycles. The number of carbonyl (C=O) groups is 1. The molecule has 0 radical (unpaired) electrons. The first-order valence-corrected chi connectivity index (χ1v) is 5.24. The first kappa shape index (κ1) is 10.5. The van der Waals surface area contributed by atoms with Gasteiger partial charge in [-0.25, -0.2) is 0 Å². The van der Waals surface area contributed by atoms with Crippen molar-refractivity contribution in [3.05, 3.63) is 0 Å². The van der Waals surface area contributed by atoms with Crippen molar-refractivity contribution in [1.82, 2.24) is 10.2 Å². The molecule has 2 fully saturated rings. The Morgan fingerprint density at radius 3 is 2.23 bits per heavy atom. The molecule has 3 nitrogen and oxygen atoms in total. The molecule has 0 unspecified atom stereocenters.